The van der Waals surface area contributed by atoms with E-state index < -0.39 is 11.8 Å². The SMILES string of the molecule is Cc1cccc(OCC(=O)NNC(=O)c2cc(-c3cccs3)on2)c1. The maximum absolute atomic E-state index is 12.0. The van der Waals surface area contributed by atoms with Gasteiger partial charge in [-0.25, -0.2) is 0 Å². The van der Waals surface area contributed by atoms with Crippen LogP contribution in [0.3, 0.4) is 0 Å². The Hall–Kier alpha value is -3.13. The van der Waals surface area contributed by atoms with E-state index in [1.54, 1.807) is 6.07 Å². The quantitative estimate of drug-likeness (QED) is 0.685. The van der Waals surface area contributed by atoms with Crippen molar-refractivity contribution in [1.82, 2.24) is 16.0 Å². The average molecular weight is 357 g/mol. The van der Waals surface area contributed by atoms with Crippen molar-refractivity contribution in [1.29, 1.82) is 0 Å². The van der Waals surface area contributed by atoms with Crippen LogP contribution in [-0.2, 0) is 4.79 Å². The predicted octanol–water partition coefficient (Wildman–Crippen LogP) is 2.55. The summed E-state index contributed by atoms with van der Waals surface area (Å²) >= 11 is 1.47. The molecule has 0 aliphatic heterocycles. The lowest BCUT2D eigenvalue weighted by Gasteiger charge is -2.08. The van der Waals surface area contributed by atoms with Crippen LogP contribution in [0.5, 0.6) is 5.75 Å². The Balaban J connectivity index is 1.48. The van der Waals surface area contributed by atoms with Gasteiger partial charge in [0, 0.05) is 6.07 Å². The summed E-state index contributed by atoms with van der Waals surface area (Å²) in [5.74, 6) is 0.0140. The molecule has 7 nitrogen and oxygen atoms in total. The van der Waals surface area contributed by atoms with Crippen molar-refractivity contribution >= 4 is 23.2 Å². The maximum atomic E-state index is 12.0. The van der Waals surface area contributed by atoms with Gasteiger partial charge in [-0.3, -0.25) is 20.4 Å². The molecule has 128 valence electrons. The lowest BCUT2D eigenvalue weighted by atomic mass is 10.2. The highest BCUT2D eigenvalue weighted by molar-refractivity contribution is 7.13. The molecular weight excluding hydrogens is 342 g/mol. The molecule has 2 heterocycles. The van der Waals surface area contributed by atoms with Gasteiger partial charge >= 0.3 is 0 Å². The van der Waals surface area contributed by atoms with Gasteiger partial charge in [0.05, 0.1) is 4.88 Å². The summed E-state index contributed by atoms with van der Waals surface area (Å²) in [6.07, 6.45) is 0. The molecule has 0 aliphatic carbocycles. The predicted molar refractivity (Wildman–Crippen MR) is 92.1 cm³/mol. The molecule has 2 aromatic heterocycles. The Morgan fingerprint density at radius 1 is 1.20 bits per heavy atom. The Morgan fingerprint density at radius 2 is 2.08 bits per heavy atom. The van der Waals surface area contributed by atoms with Gasteiger partial charge < -0.3 is 9.26 Å². The summed E-state index contributed by atoms with van der Waals surface area (Å²) < 4.78 is 10.5. The number of amides is 2. The number of carbonyl (C=O) groups excluding carboxylic acids is 2. The van der Waals surface area contributed by atoms with Crippen LogP contribution in [0.25, 0.3) is 10.6 Å². The summed E-state index contributed by atoms with van der Waals surface area (Å²) in [7, 11) is 0. The number of aromatic nitrogens is 1. The van der Waals surface area contributed by atoms with Gasteiger partial charge in [0.25, 0.3) is 11.8 Å². The second-order valence-electron chi connectivity index (χ2n) is 5.16. The fraction of sp³-hybridized carbons (Fsp3) is 0.118. The molecule has 2 N–H and O–H groups in total. The van der Waals surface area contributed by atoms with Crippen LogP contribution in [-0.4, -0.2) is 23.6 Å². The third kappa shape index (κ3) is 4.45. The number of hydrazine groups is 1. The van der Waals surface area contributed by atoms with Crippen molar-refractivity contribution < 1.29 is 18.8 Å². The van der Waals surface area contributed by atoms with Crippen LogP contribution in [0.15, 0.2) is 52.4 Å². The molecule has 0 saturated carbocycles. The fourth-order valence-corrected chi connectivity index (χ4v) is 2.67. The van der Waals surface area contributed by atoms with E-state index in [1.165, 1.54) is 17.4 Å². The molecule has 1 aromatic carbocycles. The van der Waals surface area contributed by atoms with Crippen molar-refractivity contribution in [3.05, 3.63) is 59.1 Å². The lowest BCUT2D eigenvalue weighted by molar-refractivity contribution is -0.123. The van der Waals surface area contributed by atoms with E-state index >= 15 is 0 Å². The van der Waals surface area contributed by atoms with Crippen molar-refractivity contribution in [3.63, 3.8) is 0 Å². The van der Waals surface area contributed by atoms with Gasteiger partial charge in [0.15, 0.2) is 18.1 Å². The van der Waals surface area contributed by atoms with Crippen LogP contribution in [0, 0.1) is 6.92 Å². The van der Waals surface area contributed by atoms with Crippen molar-refractivity contribution in [2.45, 2.75) is 6.92 Å². The minimum atomic E-state index is -0.574. The minimum Gasteiger partial charge on any atom is -0.484 e. The molecule has 8 heteroatoms. The zero-order valence-electron chi connectivity index (χ0n) is 13.3. The molecule has 0 bridgehead atoms. The van der Waals surface area contributed by atoms with E-state index in [4.69, 9.17) is 9.26 Å². The molecule has 0 spiro atoms. The zero-order chi connectivity index (χ0) is 17.6. The Kier molecular flexibility index (Phi) is 5.10. The van der Waals surface area contributed by atoms with E-state index in [1.807, 2.05) is 42.6 Å². The van der Waals surface area contributed by atoms with E-state index in [0.29, 0.717) is 11.5 Å². The van der Waals surface area contributed by atoms with Gasteiger partial charge in [-0.2, -0.15) is 0 Å². The molecule has 3 rings (SSSR count). The molecule has 3 aromatic rings. The van der Waals surface area contributed by atoms with Crippen molar-refractivity contribution in [2.24, 2.45) is 0 Å². The number of nitrogens with one attached hydrogen (secondary N) is 2. The van der Waals surface area contributed by atoms with Gasteiger partial charge in [-0.15, -0.1) is 11.3 Å². The van der Waals surface area contributed by atoms with Gasteiger partial charge in [0.1, 0.15) is 5.75 Å². The summed E-state index contributed by atoms with van der Waals surface area (Å²) in [5, 5.41) is 5.59. The van der Waals surface area contributed by atoms with Crippen LogP contribution in [0.1, 0.15) is 16.1 Å². The Bertz CT molecular complexity index is 874. The summed E-state index contributed by atoms with van der Waals surface area (Å²) in [6, 6.07) is 12.6. The molecule has 2 amide bonds. The normalized spacial score (nSPS) is 10.3. The summed E-state index contributed by atoms with van der Waals surface area (Å²) in [5.41, 5.74) is 5.63. The second kappa shape index (κ2) is 7.63. The second-order valence-corrected chi connectivity index (χ2v) is 6.11. The average Bonchev–Trinajstić information content (AvgIpc) is 3.28. The largest absolute Gasteiger partial charge is 0.484 e. The first kappa shape index (κ1) is 16.7. The first-order valence-corrected chi connectivity index (χ1v) is 8.29. The smallest absolute Gasteiger partial charge is 0.291 e. The van der Waals surface area contributed by atoms with E-state index in [-0.39, 0.29) is 12.3 Å². The number of benzene rings is 1. The highest BCUT2D eigenvalue weighted by Crippen LogP contribution is 2.24. The maximum Gasteiger partial charge on any atom is 0.291 e. The molecular formula is C17H15N3O4S. The topological polar surface area (TPSA) is 93.5 Å². The number of nitrogens with zero attached hydrogens (tertiary/aromatic N) is 1. The number of ether oxygens (including phenoxy) is 1. The molecule has 0 atom stereocenters. The first-order chi connectivity index (χ1) is 12.1. The highest BCUT2D eigenvalue weighted by Gasteiger charge is 2.15. The van der Waals surface area contributed by atoms with Crippen LogP contribution >= 0.6 is 11.3 Å². The third-order valence-corrected chi connectivity index (χ3v) is 4.07. The van der Waals surface area contributed by atoms with Gasteiger partial charge in [0.2, 0.25) is 0 Å². The van der Waals surface area contributed by atoms with Gasteiger partial charge in [-0.1, -0.05) is 23.4 Å². The summed E-state index contributed by atoms with van der Waals surface area (Å²) in [4.78, 5) is 24.6. The zero-order valence-corrected chi connectivity index (χ0v) is 14.1. The molecule has 0 unspecified atom stereocenters. The number of rotatable bonds is 5. The number of hydrogen-bond acceptors (Lipinski definition) is 6. The molecule has 0 fully saturated rings. The van der Waals surface area contributed by atoms with Crippen LogP contribution in [0.4, 0.5) is 0 Å². The number of aryl methyl sites for hydroxylation is 1. The fourth-order valence-electron chi connectivity index (χ4n) is 2.00. The Morgan fingerprint density at radius 3 is 2.84 bits per heavy atom. The molecule has 0 saturated heterocycles. The standard InChI is InChI=1S/C17H15N3O4S/c1-11-4-2-5-12(8-11)23-10-16(21)18-19-17(22)13-9-14(24-20-13)15-6-3-7-25-15/h2-9H,10H2,1H3,(H,18,21)(H,19,22). The third-order valence-electron chi connectivity index (χ3n) is 3.18. The van der Waals surface area contributed by atoms with Crippen molar-refractivity contribution in [2.75, 3.05) is 6.61 Å². The minimum absolute atomic E-state index is 0.0725. The van der Waals surface area contributed by atoms with E-state index in [2.05, 4.69) is 16.0 Å². The number of hydrogen-bond donors (Lipinski definition) is 2. The lowest BCUT2D eigenvalue weighted by Crippen LogP contribution is -2.43. The van der Waals surface area contributed by atoms with Crippen molar-refractivity contribution in [3.8, 4) is 16.4 Å². The number of carbonyl (C=O) groups is 2. The highest BCUT2D eigenvalue weighted by atomic mass is 32.1. The van der Waals surface area contributed by atoms with Crippen LogP contribution in [0.2, 0.25) is 0 Å². The number of thiophene rings is 1. The van der Waals surface area contributed by atoms with Gasteiger partial charge in [-0.05, 0) is 36.1 Å². The molecule has 0 radical (unpaired) electrons. The molecule has 25 heavy (non-hydrogen) atoms. The monoisotopic (exact) mass is 357 g/mol. The van der Waals surface area contributed by atoms with E-state index in [0.717, 1.165) is 10.4 Å². The first-order valence-electron chi connectivity index (χ1n) is 7.41. The Labute approximate surface area is 147 Å². The van der Waals surface area contributed by atoms with E-state index in [9.17, 15) is 9.59 Å². The van der Waals surface area contributed by atoms with Crippen LogP contribution < -0.4 is 15.6 Å². The summed E-state index contributed by atoms with van der Waals surface area (Å²) in [6.45, 7) is 1.71. The molecule has 0 aliphatic rings.